The first-order chi connectivity index (χ1) is 14.4. The highest BCUT2D eigenvalue weighted by molar-refractivity contribution is 5.86. The Hall–Kier alpha value is -1.54. The predicted molar refractivity (Wildman–Crippen MR) is 108 cm³/mol. The van der Waals surface area contributed by atoms with Crippen LogP contribution >= 0.6 is 0 Å². The first kappa shape index (κ1) is 24.1. The van der Waals surface area contributed by atoms with Crippen LogP contribution in [0.15, 0.2) is 12.2 Å². The van der Waals surface area contributed by atoms with E-state index in [2.05, 4.69) is 6.58 Å². The first-order valence-corrected chi connectivity index (χ1v) is 11.0. The van der Waals surface area contributed by atoms with Gasteiger partial charge in [-0.1, -0.05) is 6.58 Å². The normalized spacial score (nSPS) is 32.5. The molecule has 31 heavy (non-hydrogen) atoms. The van der Waals surface area contributed by atoms with Gasteiger partial charge in [-0.15, -0.1) is 0 Å². The highest BCUT2D eigenvalue weighted by Gasteiger charge is 2.61. The highest BCUT2D eigenvalue weighted by Crippen LogP contribution is 2.65. The summed E-state index contributed by atoms with van der Waals surface area (Å²) in [5.74, 6) is -3.15. The van der Waals surface area contributed by atoms with Crippen LogP contribution < -0.4 is 0 Å². The molecule has 0 aromatic carbocycles. The number of alkyl halides is 2. The lowest BCUT2D eigenvalue weighted by molar-refractivity contribution is -0.209. The molecule has 0 aliphatic heterocycles. The Balaban J connectivity index is 1.51. The monoisotopic (exact) mass is 444 g/mol. The number of esters is 2. The zero-order valence-corrected chi connectivity index (χ0v) is 18.7. The average molecular weight is 445 g/mol. The summed E-state index contributed by atoms with van der Waals surface area (Å²) in [6.45, 7) is 7.55. The third kappa shape index (κ3) is 6.04. The van der Waals surface area contributed by atoms with Crippen LogP contribution in [0.3, 0.4) is 0 Å². The van der Waals surface area contributed by atoms with Crippen molar-refractivity contribution in [3.8, 4) is 0 Å². The lowest BCUT2D eigenvalue weighted by atomic mass is 9.44. The molecule has 0 aromatic rings. The van der Waals surface area contributed by atoms with E-state index in [1.807, 2.05) is 0 Å². The average Bonchev–Trinajstić information content (AvgIpc) is 2.66. The Bertz CT molecular complexity index is 687. The molecular formula is C23H34F2O6. The SMILES string of the molecule is C=C(C)C(=O)OCCOC(C)OCC12CC3CC(C1)CC(C(=O)OCC(C)(F)F)(C3)C2. The molecule has 4 saturated carbocycles. The summed E-state index contributed by atoms with van der Waals surface area (Å²) in [5.41, 5.74) is -0.484. The molecule has 4 aliphatic carbocycles. The number of halogens is 2. The molecule has 4 fully saturated rings. The van der Waals surface area contributed by atoms with Crippen LogP contribution in [-0.2, 0) is 28.5 Å². The summed E-state index contributed by atoms with van der Waals surface area (Å²) in [5, 5.41) is 0. The van der Waals surface area contributed by atoms with Crippen LogP contribution in [0.1, 0.15) is 59.3 Å². The van der Waals surface area contributed by atoms with Gasteiger partial charge < -0.3 is 18.9 Å². The van der Waals surface area contributed by atoms with Crippen LogP contribution in [-0.4, -0.2) is 50.6 Å². The van der Waals surface area contributed by atoms with Crippen molar-refractivity contribution in [1.82, 2.24) is 0 Å². The van der Waals surface area contributed by atoms with Crippen LogP contribution in [0.2, 0.25) is 0 Å². The standard InChI is InChI=1S/C23H34F2O6/c1-15(2)19(26)29-6-5-28-16(3)30-14-22-8-17-7-18(9-22)11-23(10-17,12-22)20(27)31-13-21(4,24)25/h16-18H,1,5-14H2,2-4H3. The van der Waals surface area contributed by atoms with E-state index in [1.54, 1.807) is 13.8 Å². The van der Waals surface area contributed by atoms with Gasteiger partial charge in [0, 0.05) is 12.5 Å². The summed E-state index contributed by atoms with van der Waals surface area (Å²) in [7, 11) is 0. The van der Waals surface area contributed by atoms with E-state index in [4.69, 9.17) is 18.9 Å². The second-order valence-electron chi connectivity index (χ2n) is 10.1. The molecular weight excluding hydrogens is 410 g/mol. The van der Waals surface area contributed by atoms with E-state index in [0.29, 0.717) is 30.4 Å². The zero-order chi connectivity index (χ0) is 22.9. The Morgan fingerprint density at radius 1 is 1.10 bits per heavy atom. The van der Waals surface area contributed by atoms with E-state index in [0.717, 1.165) is 39.0 Å². The molecule has 4 bridgehead atoms. The summed E-state index contributed by atoms with van der Waals surface area (Å²) in [6.07, 6.45) is 4.61. The van der Waals surface area contributed by atoms with Gasteiger partial charge in [-0.3, -0.25) is 4.79 Å². The van der Waals surface area contributed by atoms with Crippen LogP contribution in [0.4, 0.5) is 8.78 Å². The fourth-order valence-corrected chi connectivity index (χ4v) is 6.02. The maximum absolute atomic E-state index is 13.2. The van der Waals surface area contributed by atoms with Crippen molar-refractivity contribution in [2.75, 3.05) is 26.4 Å². The van der Waals surface area contributed by atoms with Crippen molar-refractivity contribution in [2.45, 2.75) is 71.5 Å². The third-order valence-corrected chi connectivity index (χ3v) is 6.71. The number of carbonyl (C=O) groups is 2. The predicted octanol–water partition coefficient (Wildman–Crippen LogP) is 4.27. The van der Waals surface area contributed by atoms with Gasteiger partial charge in [0.1, 0.15) is 6.61 Å². The number of carbonyl (C=O) groups excluding carboxylic acids is 2. The van der Waals surface area contributed by atoms with Crippen LogP contribution in [0.5, 0.6) is 0 Å². The molecule has 0 spiro atoms. The van der Waals surface area contributed by atoms with Crippen molar-refractivity contribution in [2.24, 2.45) is 22.7 Å². The number of hydrogen-bond acceptors (Lipinski definition) is 6. The fraction of sp³-hybridized carbons (Fsp3) is 0.826. The molecule has 3 unspecified atom stereocenters. The van der Waals surface area contributed by atoms with Crippen molar-refractivity contribution in [3.05, 3.63) is 12.2 Å². The van der Waals surface area contributed by atoms with E-state index < -0.39 is 36.2 Å². The largest absolute Gasteiger partial charge is 0.460 e. The summed E-state index contributed by atoms with van der Waals surface area (Å²) < 4.78 is 48.0. The van der Waals surface area contributed by atoms with Crippen molar-refractivity contribution in [3.63, 3.8) is 0 Å². The number of rotatable bonds is 11. The molecule has 0 aromatic heterocycles. The second kappa shape index (κ2) is 9.14. The molecule has 4 aliphatic rings. The van der Waals surface area contributed by atoms with Crippen molar-refractivity contribution < 1.29 is 37.3 Å². The molecule has 3 atom stereocenters. The summed E-state index contributed by atoms with van der Waals surface area (Å²) >= 11 is 0. The highest BCUT2D eigenvalue weighted by atomic mass is 19.3. The smallest absolute Gasteiger partial charge is 0.333 e. The van der Waals surface area contributed by atoms with E-state index >= 15 is 0 Å². The fourth-order valence-electron chi connectivity index (χ4n) is 6.02. The molecule has 0 radical (unpaired) electrons. The van der Waals surface area contributed by atoms with Crippen molar-refractivity contribution in [1.29, 1.82) is 0 Å². The number of ether oxygens (including phenoxy) is 4. The minimum atomic E-state index is -3.02. The Morgan fingerprint density at radius 3 is 2.32 bits per heavy atom. The van der Waals surface area contributed by atoms with Gasteiger partial charge in [-0.05, 0) is 69.6 Å². The molecule has 6 nitrogen and oxygen atoms in total. The van der Waals surface area contributed by atoms with Gasteiger partial charge >= 0.3 is 11.9 Å². The minimum Gasteiger partial charge on any atom is -0.460 e. The topological polar surface area (TPSA) is 71.1 Å². The minimum absolute atomic E-state index is 0.117. The Kier molecular flexibility index (Phi) is 7.11. The molecule has 176 valence electrons. The molecule has 0 amide bonds. The quantitative estimate of drug-likeness (QED) is 0.205. The maximum Gasteiger partial charge on any atom is 0.333 e. The summed E-state index contributed by atoms with van der Waals surface area (Å²) in [6, 6.07) is 0. The summed E-state index contributed by atoms with van der Waals surface area (Å²) in [4.78, 5) is 24.2. The van der Waals surface area contributed by atoms with Gasteiger partial charge in [0.2, 0.25) is 0 Å². The Morgan fingerprint density at radius 2 is 1.74 bits per heavy atom. The second-order valence-corrected chi connectivity index (χ2v) is 10.1. The van der Waals surface area contributed by atoms with Gasteiger partial charge in [0.15, 0.2) is 12.9 Å². The van der Waals surface area contributed by atoms with Gasteiger partial charge in [-0.25, -0.2) is 13.6 Å². The van der Waals surface area contributed by atoms with Crippen molar-refractivity contribution >= 4 is 11.9 Å². The van der Waals surface area contributed by atoms with Gasteiger partial charge in [0.05, 0.1) is 18.6 Å². The van der Waals surface area contributed by atoms with E-state index in [9.17, 15) is 18.4 Å². The third-order valence-electron chi connectivity index (χ3n) is 6.71. The molecule has 0 N–H and O–H groups in total. The molecule has 0 saturated heterocycles. The lowest BCUT2D eigenvalue weighted by Crippen LogP contribution is -2.57. The first-order valence-electron chi connectivity index (χ1n) is 11.0. The van der Waals surface area contributed by atoms with Crippen LogP contribution in [0.25, 0.3) is 0 Å². The van der Waals surface area contributed by atoms with Gasteiger partial charge in [0.25, 0.3) is 5.92 Å². The number of hydrogen-bond donors (Lipinski definition) is 0. The Labute approximate surface area is 182 Å². The molecule has 4 rings (SSSR count). The maximum atomic E-state index is 13.2. The lowest BCUT2D eigenvalue weighted by Gasteiger charge is -2.60. The van der Waals surface area contributed by atoms with E-state index in [-0.39, 0.29) is 18.6 Å². The van der Waals surface area contributed by atoms with Crippen LogP contribution in [0, 0.1) is 22.7 Å². The zero-order valence-electron chi connectivity index (χ0n) is 18.7. The van der Waals surface area contributed by atoms with Gasteiger partial charge in [-0.2, -0.15) is 0 Å². The molecule has 0 heterocycles. The molecule has 8 heteroatoms. The van der Waals surface area contributed by atoms with E-state index in [1.165, 1.54) is 0 Å².